The van der Waals surface area contributed by atoms with Crippen molar-refractivity contribution in [2.24, 2.45) is 10.6 Å². The van der Waals surface area contributed by atoms with Crippen LogP contribution in [-0.4, -0.2) is 35.3 Å². The van der Waals surface area contributed by atoms with Crippen LogP contribution in [0.3, 0.4) is 0 Å². The highest BCUT2D eigenvalue weighted by atomic mass is 16.4. The first kappa shape index (κ1) is 16.0. The zero-order chi connectivity index (χ0) is 15.0. The monoisotopic (exact) mass is 274 g/mol. The van der Waals surface area contributed by atoms with E-state index in [-0.39, 0.29) is 11.3 Å². The predicted molar refractivity (Wildman–Crippen MR) is 81.8 cm³/mol. The highest BCUT2D eigenvalue weighted by Gasteiger charge is 2.21. The van der Waals surface area contributed by atoms with Crippen molar-refractivity contribution in [1.82, 2.24) is 4.90 Å². The highest BCUT2D eigenvalue weighted by Crippen LogP contribution is 2.14. The fourth-order valence-electron chi connectivity index (χ4n) is 1.87. The van der Waals surface area contributed by atoms with Crippen molar-refractivity contribution in [3.8, 4) is 0 Å². The standard InChI is InChI=1S/C16H22N2O2/c1-14(19)18(13-16(2,3)12-17-20)11-7-10-15-8-5-4-6-9-15/h4-10,12,20H,11,13H2,1-3H3/b10-7+,17-12+. The molecule has 0 atom stereocenters. The highest BCUT2D eigenvalue weighted by molar-refractivity contribution is 5.75. The molecule has 0 aliphatic rings. The van der Waals surface area contributed by atoms with Gasteiger partial charge >= 0.3 is 0 Å². The number of benzene rings is 1. The molecule has 0 aliphatic carbocycles. The van der Waals surface area contributed by atoms with Crippen LogP contribution in [0.5, 0.6) is 0 Å². The number of rotatable bonds is 6. The second-order valence-corrected chi connectivity index (χ2v) is 5.45. The average Bonchev–Trinajstić information content (AvgIpc) is 2.38. The second kappa shape index (κ2) is 7.48. The van der Waals surface area contributed by atoms with Crippen LogP contribution >= 0.6 is 0 Å². The lowest BCUT2D eigenvalue weighted by atomic mass is 9.94. The van der Waals surface area contributed by atoms with Crippen molar-refractivity contribution in [3.05, 3.63) is 42.0 Å². The van der Waals surface area contributed by atoms with E-state index in [0.717, 1.165) is 5.56 Å². The maximum atomic E-state index is 11.7. The van der Waals surface area contributed by atoms with Gasteiger partial charge < -0.3 is 10.1 Å². The number of hydrogen-bond acceptors (Lipinski definition) is 3. The number of amides is 1. The van der Waals surface area contributed by atoms with E-state index in [1.165, 1.54) is 6.21 Å². The van der Waals surface area contributed by atoms with E-state index >= 15 is 0 Å². The van der Waals surface area contributed by atoms with Crippen molar-refractivity contribution in [2.75, 3.05) is 13.1 Å². The Labute approximate surface area is 120 Å². The topological polar surface area (TPSA) is 52.9 Å². The maximum absolute atomic E-state index is 11.7. The first-order chi connectivity index (χ1) is 9.44. The number of carbonyl (C=O) groups excluding carboxylic acids is 1. The Morgan fingerprint density at radius 3 is 2.55 bits per heavy atom. The molecule has 108 valence electrons. The summed E-state index contributed by atoms with van der Waals surface area (Å²) < 4.78 is 0. The zero-order valence-electron chi connectivity index (χ0n) is 12.3. The molecular weight excluding hydrogens is 252 g/mol. The van der Waals surface area contributed by atoms with Gasteiger partial charge in [-0.3, -0.25) is 4.79 Å². The molecule has 1 aromatic rings. The molecular formula is C16H22N2O2. The second-order valence-electron chi connectivity index (χ2n) is 5.45. The first-order valence-corrected chi connectivity index (χ1v) is 6.60. The van der Waals surface area contributed by atoms with Gasteiger partial charge in [0, 0.05) is 25.4 Å². The van der Waals surface area contributed by atoms with E-state index in [1.54, 1.807) is 11.8 Å². The third-order valence-electron chi connectivity index (χ3n) is 2.89. The van der Waals surface area contributed by atoms with Gasteiger partial charge in [-0.25, -0.2) is 0 Å². The van der Waals surface area contributed by atoms with Crippen LogP contribution in [0.25, 0.3) is 6.08 Å². The van der Waals surface area contributed by atoms with Crippen LogP contribution in [0.15, 0.2) is 41.6 Å². The Hall–Kier alpha value is -2.10. The maximum Gasteiger partial charge on any atom is 0.219 e. The summed E-state index contributed by atoms with van der Waals surface area (Å²) in [5.74, 6) is 0.00197. The molecule has 0 unspecified atom stereocenters. The van der Waals surface area contributed by atoms with Gasteiger partial charge in [0.2, 0.25) is 5.91 Å². The average molecular weight is 274 g/mol. The lowest BCUT2D eigenvalue weighted by Crippen LogP contribution is -2.38. The zero-order valence-corrected chi connectivity index (χ0v) is 12.3. The van der Waals surface area contributed by atoms with Crippen LogP contribution in [0.4, 0.5) is 0 Å². The molecule has 0 bridgehead atoms. The quantitative estimate of drug-likeness (QED) is 0.492. The van der Waals surface area contributed by atoms with E-state index in [1.807, 2.05) is 56.3 Å². The Balaban J connectivity index is 2.65. The predicted octanol–water partition coefficient (Wildman–Crippen LogP) is 3.03. The van der Waals surface area contributed by atoms with Crippen molar-refractivity contribution in [1.29, 1.82) is 0 Å². The Kier molecular flexibility index (Phi) is 5.97. The Bertz CT molecular complexity index is 479. The van der Waals surface area contributed by atoms with Crippen LogP contribution in [0.2, 0.25) is 0 Å². The molecule has 0 saturated heterocycles. The van der Waals surface area contributed by atoms with Gasteiger partial charge in [0.25, 0.3) is 0 Å². The molecule has 1 aromatic carbocycles. The molecule has 0 saturated carbocycles. The molecule has 4 nitrogen and oxygen atoms in total. The molecule has 20 heavy (non-hydrogen) atoms. The van der Waals surface area contributed by atoms with Gasteiger partial charge in [-0.15, -0.1) is 5.16 Å². The lowest BCUT2D eigenvalue weighted by molar-refractivity contribution is -0.129. The molecule has 0 fully saturated rings. The molecule has 0 spiro atoms. The van der Waals surface area contributed by atoms with Gasteiger partial charge in [-0.05, 0) is 5.56 Å². The molecule has 0 radical (unpaired) electrons. The van der Waals surface area contributed by atoms with Crippen molar-refractivity contribution in [2.45, 2.75) is 20.8 Å². The smallest absolute Gasteiger partial charge is 0.219 e. The van der Waals surface area contributed by atoms with Gasteiger partial charge in [-0.1, -0.05) is 56.3 Å². The van der Waals surface area contributed by atoms with Crippen LogP contribution in [0, 0.1) is 5.41 Å². The summed E-state index contributed by atoms with van der Waals surface area (Å²) in [4.78, 5) is 13.4. The van der Waals surface area contributed by atoms with Crippen LogP contribution in [0.1, 0.15) is 26.3 Å². The number of oxime groups is 1. The summed E-state index contributed by atoms with van der Waals surface area (Å²) in [5.41, 5.74) is 0.744. The summed E-state index contributed by atoms with van der Waals surface area (Å²) in [6.07, 6.45) is 5.40. The van der Waals surface area contributed by atoms with E-state index in [2.05, 4.69) is 5.16 Å². The molecule has 0 heterocycles. The summed E-state index contributed by atoms with van der Waals surface area (Å²) in [7, 11) is 0. The van der Waals surface area contributed by atoms with Crippen molar-refractivity contribution < 1.29 is 10.0 Å². The van der Waals surface area contributed by atoms with Gasteiger partial charge in [0.05, 0.1) is 6.21 Å². The fourth-order valence-corrected chi connectivity index (χ4v) is 1.87. The van der Waals surface area contributed by atoms with Crippen molar-refractivity contribution in [3.63, 3.8) is 0 Å². The number of hydrogen-bond donors (Lipinski definition) is 1. The molecule has 1 amide bonds. The fraction of sp³-hybridized carbons (Fsp3) is 0.375. The minimum absolute atomic E-state index is 0.00197. The van der Waals surface area contributed by atoms with Gasteiger partial charge in [-0.2, -0.15) is 0 Å². The molecule has 0 aliphatic heterocycles. The summed E-state index contributed by atoms with van der Waals surface area (Å²) >= 11 is 0. The Morgan fingerprint density at radius 1 is 1.35 bits per heavy atom. The largest absolute Gasteiger partial charge is 0.411 e. The SMILES string of the molecule is CC(=O)N(C/C=C/c1ccccc1)CC(C)(C)/C=N/O. The summed E-state index contributed by atoms with van der Waals surface area (Å²) in [6, 6.07) is 9.94. The van der Waals surface area contributed by atoms with Crippen molar-refractivity contribution >= 4 is 18.2 Å². The van der Waals surface area contributed by atoms with E-state index in [4.69, 9.17) is 5.21 Å². The lowest BCUT2D eigenvalue weighted by Gasteiger charge is -2.28. The normalized spacial score (nSPS) is 12.2. The molecule has 1 N–H and O–H groups in total. The first-order valence-electron chi connectivity index (χ1n) is 6.60. The minimum atomic E-state index is -0.360. The van der Waals surface area contributed by atoms with E-state index in [9.17, 15) is 4.79 Å². The van der Waals surface area contributed by atoms with Gasteiger partial charge in [0.15, 0.2) is 0 Å². The number of nitrogens with zero attached hydrogens (tertiary/aromatic N) is 2. The summed E-state index contributed by atoms with van der Waals surface area (Å²) in [5, 5.41) is 11.7. The third kappa shape index (κ3) is 5.69. The molecule has 4 heteroatoms. The molecule has 1 rings (SSSR count). The van der Waals surface area contributed by atoms with Crippen LogP contribution < -0.4 is 0 Å². The van der Waals surface area contributed by atoms with E-state index in [0.29, 0.717) is 13.1 Å². The van der Waals surface area contributed by atoms with E-state index < -0.39 is 0 Å². The Morgan fingerprint density at radius 2 is 2.00 bits per heavy atom. The summed E-state index contributed by atoms with van der Waals surface area (Å²) in [6.45, 7) is 6.42. The third-order valence-corrected chi connectivity index (χ3v) is 2.89. The van der Waals surface area contributed by atoms with Crippen LogP contribution in [-0.2, 0) is 4.79 Å². The molecule has 0 aromatic heterocycles. The number of carbonyl (C=O) groups is 1. The minimum Gasteiger partial charge on any atom is -0.411 e. The van der Waals surface area contributed by atoms with Gasteiger partial charge in [0.1, 0.15) is 0 Å².